The van der Waals surface area contributed by atoms with Crippen molar-refractivity contribution >= 4 is 17.6 Å². The summed E-state index contributed by atoms with van der Waals surface area (Å²) in [7, 11) is 0. The number of oxime groups is 1. The molecule has 0 spiro atoms. The quantitative estimate of drug-likeness (QED) is 0.224. The standard InChI is InChI=1S/C13H26N4O3/c1-5-13(4,11(14)17-20)12(19)15-7-6-10(18)16-8-9(2)3/h9,20H,5-8H2,1-4H3,(H2,14,17)(H,15,19)(H,16,18). The Labute approximate surface area is 120 Å². The molecule has 0 saturated carbocycles. The van der Waals surface area contributed by atoms with Gasteiger partial charge in [0.2, 0.25) is 11.8 Å². The lowest BCUT2D eigenvalue weighted by molar-refractivity contribution is -0.127. The smallest absolute Gasteiger partial charge is 0.233 e. The first-order chi connectivity index (χ1) is 9.27. The van der Waals surface area contributed by atoms with Gasteiger partial charge in [-0.05, 0) is 19.3 Å². The molecule has 20 heavy (non-hydrogen) atoms. The summed E-state index contributed by atoms with van der Waals surface area (Å²) in [6.45, 7) is 8.21. The van der Waals surface area contributed by atoms with Gasteiger partial charge in [0.15, 0.2) is 5.84 Å². The average Bonchev–Trinajstić information content (AvgIpc) is 2.42. The van der Waals surface area contributed by atoms with Crippen molar-refractivity contribution in [2.45, 2.75) is 40.5 Å². The van der Waals surface area contributed by atoms with E-state index in [2.05, 4.69) is 15.8 Å². The number of rotatable bonds is 8. The van der Waals surface area contributed by atoms with Crippen LogP contribution in [0.15, 0.2) is 5.16 Å². The van der Waals surface area contributed by atoms with E-state index in [0.29, 0.717) is 18.9 Å². The van der Waals surface area contributed by atoms with Crippen molar-refractivity contribution in [1.82, 2.24) is 10.6 Å². The highest BCUT2D eigenvalue weighted by Gasteiger charge is 2.36. The summed E-state index contributed by atoms with van der Waals surface area (Å²) in [5.74, 6) is -0.216. The molecule has 0 aliphatic heterocycles. The molecule has 0 fully saturated rings. The largest absolute Gasteiger partial charge is 0.409 e. The fourth-order valence-corrected chi connectivity index (χ4v) is 1.46. The predicted octanol–water partition coefficient (Wildman–Crippen LogP) is 0.428. The molecule has 0 aromatic heterocycles. The van der Waals surface area contributed by atoms with E-state index in [1.807, 2.05) is 13.8 Å². The predicted molar refractivity (Wildman–Crippen MR) is 77.3 cm³/mol. The molecule has 0 aliphatic rings. The van der Waals surface area contributed by atoms with E-state index in [0.717, 1.165) is 0 Å². The van der Waals surface area contributed by atoms with E-state index in [9.17, 15) is 9.59 Å². The van der Waals surface area contributed by atoms with Crippen molar-refractivity contribution in [1.29, 1.82) is 0 Å². The van der Waals surface area contributed by atoms with Gasteiger partial charge < -0.3 is 21.6 Å². The second-order valence-corrected chi connectivity index (χ2v) is 5.37. The van der Waals surface area contributed by atoms with Crippen LogP contribution in [-0.2, 0) is 9.59 Å². The van der Waals surface area contributed by atoms with Crippen LogP contribution in [0.5, 0.6) is 0 Å². The highest BCUT2D eigenvalue weighted by Crippen LogP contribution is 2.21. The fraction of sp³-hybridized carbons (Fsp3) is 0.769. The van der Waals surface area contributed by atoms with Crippen LogP contribution < -0.4 is 16.4 Å². The summed E-state index contributed by atoms with van der Waals surface area (Å²) < 4.78 is 0. The monoisotopic (exact) mass is 286 g/mol. The van der Waals surface area contributed by atoms with Crippen LogP contribution in [-0.4, -0.2) is 35.9 Å². The number of nitrogens with one attached hydrogen (secondary N) is 2. The van der Waals surface area contributed by atoms with Crippen molar-refractivity contribution in [2.75, 3.05) is 13.1 Å². The Hall–Kier alpha value is -1.79. The van der Waals surface area contributed by atoms with Crippen molar-refractivity contribution in [2.24, 2.45) is 22.2 Å². The third kappa shape index (κ3) is 5.46. The van der Waals surface area contributed by atoms with E-state index in [1.165, 1.54) is 0 Å². The van der Waals surface area contributed by atoms with Gasteiger partial charge in [0, 0.05) is 19.5 Å². The topological polar surface area (TPSA) is 117 Å². The summed E-state index contributed by atoms with van der Waals surface area (Å²) in [6.07, 6.45) is 0.600. The molecular weight excluding hydrogens is 260 g/mol. The minimum absolute atomic E-state index is 0.110. The Morgan fingerprint density at radius 1 is 1.35 bits per heavy atom. The van der Waals surface area contributed by atoms with Crippen molar-refractivity contribution in [3.05, 3.63) is 0 Å². The maximum Gasteiger partial charge on any atom is 0.233 e. The zero-order chi connectivity index (χ0) is 15.8. The molecule has 0 rings (SSSR count). The molecule has 116 valence electrons. The van der Waals surface area contributed by atoms with E-state index in [-0.39, 0.29) is 30.6 Å². The molecule has 0 heterocycles. The highest BCUT2D eigenvalue weighted by atomic mass is 16.4. The summed E-state index contributed by atoms with van der Waals surface area (Å²) in [4.78, 5) is 23.5. The second kappa shape index (κ2) is 8.39. The molecule has 0 saturated heterocycles. The lowest BCUT2D eigenvalue weighted by atomic mass is 9.85. The maximum absolute atomic E-state index is 12.0. The van der Waals surface area contributed by atoms with Crippen LogP contribution in [0.3, 0.4) is 0 Å². The van der Waals surface area contributed by atoms with Gasteiger partial charge in [-0.25, -0.2) is 0 Å². The Morgan fingerprint density at radius 3 is 2.40 bits per heavy atom. The van der Waals surface area contributed by atoms with Crippen LogP contribution in [0.1, 0.15) is 40.5 Å². The number of amides is 2. The van der Waals surface area contributed by atoms with Gasteiger partial charge in [-0.3, -0.25) is 9.59 Å². The van der Waals surface area contributed by atoms with Gasteiger partial charge in [-0.15, -0.1) is 0 Å². The van der Waals surface area contributed by atoms with Crippen LogP contribution in [0.25, 0.3) is 0 Å². The van der Waals surface area contributed by atoms with E-state index < -0.39 is 5.41 Å². The highest BCUT2D eigenvalue weighted by molar-refractivity contribution is 6.06. The third-order valence-electron chi connectivity index (χ3n) is 3.23. The molecule has 7 heteroatoms. The number of carbonyl (C=O) groups is 2. The molecule has 1 atom stereocenters. The van der Waals surface area contributed by atoms with Gasteiger partial charge in [0.05, 0.1) is 0 Å². The van der Waals surface area contributed by atoms with Crippen LogP contribution in [0, 0.1) is 11.3 Å². The molecular formula is C13H26N4O3. The molecule has 0 bridgehead atoms. The minimum atomic E-state index is -1.07. The zero-order valence-electron chi connectivity index (χ0n) is 12.7. The lowest BCUT2D eigenvalue weighted by Gasteiger charge is -2.25. The van der Waals surface area contributed by atoms with E-state index in [1.54, 1.807) is 13.8 Å². The van der Waals surface area contributed by atoms with Crippen molar-refractivity contribution < 1.29 is 14.8 Å². The number of nitrogens with zero attached hydrogens (tertiary/aromatic N) is 1. The Balaban J connectivity index is 4.25. The second-order valence-electron chi connectivity index (χ2n) is 5.37. The lowest BCUT2D eigenvalue weighted by Crippen LogP contribution is -2.48. The number of carbonyl (C=O) groups excluding carboxylic acids is 2. The first-order valence-electron chi connectivity index (χ1n) is 6.80. The summed E-state index contributed by atoms with van der Waals surface area (Å²) in [6, 6.07) is 0. The third-order valence-corrected chi connectivity index (χ3v) is 3.23. The van der Waals surface area contributed by atoms with Gasteiger partial charge >= 0.3 is 0 Å². The van der Waals surface area contributed by atoms with Crippen LogP contribution in [0.2, 0.25) is 0 Å². The van der Waals surface area contributed by atoms with E-state index >= 15 is 0 Å². The molecule has 2 amide bonds. The van der Waals surface area contributed by atoms with Crippen molar-refractivity contribution in [3.8, 4) is 0 Å². The van der Waals surface area contributed by atoms with Gasteiger partial charge in [-0.1, -0.05) is 25.9 Å². The van der Waals surface area contributed by atoms with Crippen LogP contribution >= 0.6 is 0 Å². The summed E-state index contributed by atoms with van der Waals surface area (Å²) in [5.41, 5.74) is 4.47. The van der Waals surface area contributed by atoms with Gasteiger partial charge in [-0.2, -0.15) is 0 Å². The molecule has 0 aromatic carbocycles. The molecule has 0 radical (unpaired) electrons. The zero-order valence-corrected chi connectivity index (χ0v) is 12.7. The SMILES string of the molecule is CCC(C)(C(=O)NCCC(=O)NCC(C)C)C(N)=NO. The molecule has 7 nitrogen and oxygen atoms in total. The number of hydrogen-bond donors (Lipinski definition) is 4. The summed E-state index contributed by atoms with van der Waals surface area (Å²) in [5, 5.41) is 17.0. The Bertz CT molecular complexity index is 369. The molecule has 1 unspecified atom stereocenters. The van der Waals surface area contributed by atoms with Crippen molar-refractivity contribution in [3.63, 3.8) is 0 Å². The fourth-order valence-electron chi connectivity index (χ4n) is 1.46. The first-order valence-corrected chi connectivity index (χ1v) is 6.80. The maximum atomic E-state index is 12.0. The van der Waals surface area contributed by atoms with Gasteiger partial charge in [0.25, 0.3) is 0 Å². The Kier molecular flexibility index (Phi) is 7.64. The molecule has 5 N–H and O–H groups in total. The first kappa shape index (κ1) is 18.2. The normalized spacial score (nSPS) is 14.8. The number of amidine groups is 1. The minimum Gasteiger partial charge on any atom is -0.409 e. The number of hydrogen-bond acceptors (Lipinski definition) is 4. The molecule has 0 aliphatic carbocycles. The summed E-state index contributed by atoms with van der Waals surface area (Å²) >= 11 is 0. The number of nitrogens with two attached hydrogens (primary N) is 1. The van der Waals surface area contributed by atoms with Crippen LogP contribution in [0.4, 0.5) is 0 Å². The Morgan fingerprint density at radius 2 is 1.95 bits per heavy atom. The molecule has 0 aromatic rings. The van der Waals surface area contributed by atoms with Gasteiger partial charge in [0.1, 0.15) is 5.41 Å². The van der Waals surface area contributed by atoms with E-state index in [4.69, 9.17) is 10.9 Å². The average molecular weight is 286 g/mol.